The minimum Gasteiger partial charge on any atom is -0.402 e. The van der Waals surface area contributed by atoms with Crippen LogP contribution in [-0.2, 0) is 14.4 Å². The lowest BCUT2D eigenvalue weighted by Crippen LogP contribution is -2.41. The number of aromatic nitrogens is 1. The molecule has 0 saturated heterocycles. The molecule has 0 spiro atoms. The van der Waals surface area contributed by atoms with Crippen LogP contribution in [0.3, 0.4) is 0 Å². The maximum atomic E-state index is 13.5. The standard InChI is InChI=1S/C27H34IN3O4S/c1-13(2)24(23(33)8-14(3)29)25(34)20-10-18(32)11-21(20)27(35)31-15(4)19-7-6-17(9-22(19)28)26-16(5)30-12-36-26/h6-9,12-13,15,18,20-21,24,32H,10-11,29H2,1-5H3,(H,31,35)/t15-,18-,20?,21+,24?/m0/s1. The lowest BCUT2D eigenvalue weighted by atomic mass is 9.78. The molecule has 0 radical (unpaired) electrons. The minimum atomic E-state index is -0.893. The molecule has 9 heteroatoms. The Morgan fingerprint density at radius 2 is 1.89 bits per heavy atom. The number of hydrogen-bond acceptors (Lipinski definition) is 7. The molecule has 7 nitrogen and oxygen atoms in total. The lowest BCUT2D eigenvalue weighted by Gasteiger charge is -2.26. The van der Waals surface area contributed by atoms with Crippen LogP contribution >= 0.6 is 33.9 Å². The second kappa shape index (κ2) is 12.0. The van der Waals surface area contributed by atoms with Gasteiger partial charge in [0.15, 0.2) is 5.78 Å². The van der Waals surface area contributed by atoms with Crippen LogP contribution in [0.15, 0.2) is 35.5 Å². The maximum Gasteiger partial charge on any atom is 0.224 e. The topological polar surface area (TPSA) is 122 Å². The van der Waals surface area contributed by atoms with Crippen molar-refractivity contribution >= 4 is 51.4 Å². The zero-order valence-electron chi connectivity index (χ0n) is 21.2. The average Bonchev–Trinajstić information content (AvgIpc) is 3.38. The van der Waals surface area contributed by atoms with Gasteiger partial charge < -0.3 is 16.2 Å². The third-order valence-corrected chi connectivity index (χ3v) is 8.63. The van der Waals surface area contributed by atoms with Gasteiger partial charge in [-0.05, 0) is 79.3 Å². The summed E-state index contributed by atoms with van der Waals surface area (Å²) in [6.45, 7) is 9.10. The monoisotopic (exact) mass is 623 g/mol. The van der Waals surface area contributed by atoms with Gasteiger partial charge in [-0.1, -0.05) is 26.0 Å². The van der Waals surface area contributed by atoms with Gasteiger partial charge in [0.05, 0.1) is 40.1 Å². The molecule has 1 saturated carbocycles. The number of benzene rings is 1. The number of Topliss-reactive ketones (excluding diaryl/α,β-unsaturated/α-hetero) is 1. The molecule has 1 heterocycles. The van der Waals surface area contributed by atoms with E-state index in [9.17, 15) is 19.5 Å². The lowest BCUT2D eigenvalue weighted by molar-refractivity contribution is -0.139. The van der Waals surface area contributed by atoms with Crippen molar-refractivity contribution in [3.8, 4) is 10.4 Å². The number of nitrogens with one attached hydrogen (secondary N) is 1. The molecule has 36 heavy (non-hydrogen) atoms. The van der Waals surface area contributed by atoms with E-state index in [0.29, 0.717) is 5.70 Å². The van der Waals surface area contributed by atoms with Gasteiger partial charge in [0.1, 0.15) is 5.78 Å². The number of halogens is 1. The van der Waals surface area contributed by atoms with Gasteiger partial charge in [0.25, 0.3) is 0 Å². The number of ketones is 2. The van der Waals surface area contributed by atoms with Crippen molar-refractivity contribution in [2.75, 3.05) is 0 Å². The average molecular weight is 624 g/mol. The van der Waals surface area contributed by atoms with Crippen LogP contribution in [0.1, 0.15) is 57.8 Å². The van der Waals surface area contributed by atoms with Gasteiger partial charge >= 0.3 is 0 Å². The number of carbonyl (C=O) groups is 3. The van der Waals surface area contributed by atoms with Crippen molar-refractivity contribution in [2.24, 2.45) is 29.4 Å². The fourth-order valence-electron chi connectivity index (χ4n) is 4.95. The number of aryl methyl sites for hydroxylation is 1. The number of rotatable bonds is 9. The van der Waals surface area contributed by atoms with E-state index in [2.05, 4.69) is 39.0 Å². The Hall–Kier alpha value is -2.11. The number of nitrogens with zero attached hydrogens (tertiary/aromatic N) is 1. The highest BCUT2D eigenvalue weighted by Gasteiger charge is 2.46. The predicted octanol–water partition coefficient (Wildman–Crippen LogP) is 4.56. The molecule has 2 aromatic rings. The van der Waals surface area contributed by atoms with Gasteiger partial charge in [-0.3, -0.25) is 14.4 Å². The summed E-state index contributed by atoms with van der Waals surface area (Å²) in [5, 5.41) is 13.4. The fourth-order valence-corrected chi connectivity index (χ4v) is 6.74. The summed E-state index contributed by atoms with van der Waals surface area (Å²) in [5.74, 6) is -3.48. The van der Waals surface area contributed by atoms with Gasteiger partial charge in [-0.25, -0.2) is 4.98 Å². The Bertz CT molecular complexity index is 1170. The number of thiazole rings is 1. The normalized spacial score (nSPS) is 21.9. The predicted molar refractivity (Wildman–Crippen MR) is 150 cm³/mol. The largest absolute Gasteiger partial charge is 0.402 e. The molecule has 1 fully saturated rings. The first-order valence-electron chi connectivity index (χ1n) is 12.1. The van der Waals surface area contributed by atoms with Crippen LogP contribution in [0.2, 0.25) is 0 Å². The molecule has 1 aromatic heterocycles. The number of amides is 1. The second-order valence-electron chi connectivity index (χ2n) is 9.99. The molecular weight excluding hydrogens is 589 g/mol. The number of allylic oxidation sites excluding steroid dienone is 2. The first-order chi connectivity index (χ1) is 16.9. The van der Waals surface area contributed by atoms with Gasteiger partial charge in [0.2, 0.25) is 5.91 Å². The van der Waals surface area contributed by atoms with E-state index in [1.807, 2.05) is 45.3 Å². The van der Waals surface area contributed by atoms with Crippen LogP contribution in [0.5, 0.6) is 0 Å². The third-order valence-electron chi connectivity index (χ3n) is 6.72. The summed E-state index contributed by atoms with van der Waals surface area (Å²) >= 11 is 3.86. The molecule has 2 unspecified atom stereocenters. The van der Waals surface area contributed by atoms with Crippen molar-refractivity contribution in [3.05, 3.63) is 50.3 Å². The van der Waals surface area contributed by atoms with E-state index >= 15 is 0 Å². The van der Waals surface area contributed by atoms with Crippen molar-refractivity contribution in [1.82, 2.24) is 10.3 Å². The summed E-state index contributed by atoms with van der Waals surface area (Å²) < 4.78 is 1.01. The van der Waals surface area contributed by atoms with E-state index < -0.39 is 23.9 Å². The SMILES string of the molecule is CC(N)=CC(=O)C(C(=O)C1C[C@H](O)C[C@H]1C(=O)N[C@@H](C)c1ccc(-c2scnc2C)cc1I)C(C)C. The summed E-state index contributed by atoms with van der Waals surface area (Å²) in [5.41, 5.74) is 10.9. The number of carbonyl (C=O) groups excluding carboxylic acids is 3. The summed E-state index contributed by atoms with van der Waals surface area (Å²) in [6.07, 6.45) is 0.889. The van der Waals surface area contributed by atoms with Crippen molar-refractivity contribution < 1.29 is 19.5 Å². The van der Waals surface area contributed by atoms with Gasteiger partial charge in [-0.15, -0.1) is 11.3 Å². The molecule has 1 aromatic carbocycles. The Labute approximate surface area is 230 Å². The molecule has 1 aliphatic carbocycles. The zero-order valence-corrected chi connectivity index (χ0v) is 24.2. The highest BCUT2D eigenvalue weighted by atomic mass is 127. The van der Waals surface area contributed by atoms with Crippen molar-refractivity contribution in [2.45, 2.75) is 59.6 Å². The minimum absolute atomic E-state index is 0.174. The third kappa shape index (κ3) is 6.41. The number of hydrogen-bond donors (Lipinski definition) is 3. The van der Waals surface area contributed by atoms with Crippen LogP contribution in [0.4, 0.5) is 0 Å². The first kappa shape index (κ1) is 28.5. The van der Waals surface area contributed by atoms with Crippen LogP contribution in [-0.4, -0.2) is 33.7 Å². The molecule has 1 amide bonds. The second-order valence-corrected chi connectivity index (χ2v) is 12.0. The molecule has 5 atom stereocenters. The first-order valence-corrected chi connectivity index (χ1v) is 14.1. The highest BCUT2D eigenvalue weighted by molar-refractivity contribution is 14.1. The molecular formula is C27H34IN3O4S. The fraction of sp³-hybridized carbons (Fsp3) is 0.481. The smallest absolute Gasteiger partial charge is 0.224 e. The zero-order chi connectivity index (χ0) is 26.7. The van der Waals surface area contributed by atoms with Crippen molar-refractivity contribution in [3.63, 3.8) is 0 Å². The van der Waals surface area contributed by atoms with Crippen LogP contribution < -0.4 is 11.1 Å². The quantitative estimate of drug-likeness (QED) is 0.214. The van der Waals surface area contributed by atoms with E-state index in [0.717, 1.165) is 25.3 Å². The van der Waals surface area contributed by atoms with Crippen molar-refractivity contribution in [1.29, 1.82) is 0 Å². The molecule has 4 N–H and O–H groups in total. The molecule has 3 rings (SSSR count). The molecule has 1 aliphatic rings. The summed E-state index contributed by atoms with van der Waals surface area (Å²) in [7, 11) is 0. The van der Waals surface area contributed by atoms with Gasteiger partial charge in [-0.2, -0.15) is 0 Å². The number of aliphatic hydroxyl groups is 1. The Balaban J connectivity index is 1.77. The summed E-state index contributed by atoms with van der Waals surface area (Å²) in [6, 6.07) is 5.82. The Kier molecular flexibility index (Phi) is 9.45. The molecule has 0 aliphatic heterocycles. The Morgan fingerprint density at radius 1 is 1.22 bits per heavy atom. The number of nitrogens with two attached hydrogens (primary N) is 1. The van der Waals surface area contributed by atoms with Crippen LogP contribution in [0.25, 0.3) is 10.4 Å². The summed E-state index contributed by atoms with van der Waals surface area (Å²) in [4.78, 5) is 45.0. The van der Waals surface area contributed by atoms with E-state index in [1.165, 1.54) is 6.08 Å². The number of aliphatic hydroxyl groups excluding tert-OH is 1. The highest BCUT2D eigenvalue weighted by Crippen LogP contribution is 2.37. The van der Waals surface area contributed by atoms with E-state index in [1.54, 1.807) is 18.3 Å². The molecule has 194 valence electrons. The van der Waals surface area contributed by atoms with Crippen LogP contribution in [0, 0.1) is 34.2 Å². The Morgan fingerprint density at radius 3 is 2.44 bits per heavy atom. The molecule has 0 bridgehead atoms. The van der Waals surface area contributed by atoms with E-state index in [-0.39, 0.29) is 42.3 Å². The van der Waals surface area contributed by atoms with Gasteiger partial charge in [0, 0.05) is 21.3 Å². The van der Waals surface area contributed by atoms with E-state index in [4.69, 9.17) is 5.73 Å². The maximum absolute atomic E-state index is 13.5.